The molecule has 0 aliphatic carbocycles. The molecule has 0 atom stereocenters. The number of anilines is 4. The second kappa shape index (κ2) is 8.29. The van der Waals surface area contributed by atoms with Crippen LogP contribution in [0.3, 0.4) is 0 Å². The van der Waals surface area contributed by atoms with Crippen LogP contribution >= 0.6 is 15.9 Å². The number of benzene rings is 2. The lowest BCUT2D eigenvalue weighted by Gasteiger charge is -2.16. The first kappa shape index (κ1) is 20.3. The van der Waals surface area contributed by atoms with Crippen molar-refractivity contribution in [1.29, 1.82) is 5.26 Å². The molecule has 1 heterocycles. The summed E-state index contributed by atoms with van der Waals surface area (Å²) >= 11 is 3.39. The first-order valence-corrected chi connectivity index (χ1v) is 9.57. The van der Waals surface area contributed by atoms with Crippen molar-refractivity contribution < 1.29 is 4.79 Å². The number of nitriles is 1. The lowest BCUT2D eigenvalue weighted by atomic mass is 10.1. The number of carbonyl (C=O) groups is 1. The number of aromatic nitrogens is 2. The van der Waals surface area contributed by atoms with Crippen molar-refractivity contribution in [3.63, 3.8) is 0 Å². The normalized spacial score (nSPS) is 10.3. The molecule has 0 aliphatic heterocycles. The van der Waals surface area contributed by atoms with Gasteiger partial charge in [-0.05, 0) is 72.1 Å². The lowest BCUT2D eigenvalue weighted by molar-refractivity contribution is 0.0995. The molecule has 0 unspecified atom stereocenters. The Morgan fingerprint density at radius 2 is 1.69 bits per heavy atom. The fourth-order valence-electron chi connectivity index (χ4n) is 3.00. The van der Waals surface area contributed by atoms with Gasteiger partial charge in [0.05, 0.1) is 16.1 Å². The molecule has 0 spiro atoms. The van der Waals surface area contributed by atoms with Crippen molar-refractivity contribution in [3.05, 3.63) is 68.8 Å². The molecule has 1 amide bonds. The maximum atomic E-state index is 11.9. The highest BCUT2D eigenvalue weighted by molar-refractivity contribution is 9.10. The number of hydrogen-bond donors (Lipinski definition) is 3. The maximum Gasteiger partial charge on any atom is 0.268 e. The van der Waals surface area contributed by atoms with Crippen LogP contribution in [-0.2, 0) is 0 Å². The van der Waals surface area contributed by atoms with E-state index < -0.39 is 5.91 Å². The molecule has 1 aromatic heterocycles. The maximum absolute atomic E-state index is 11.9. The Morgan fingerprint density at radius 1 is 1.07 bits per heavy atom. The van der Waals surface area contributed by atoms with Crippen LogP contribution in [-0.4, -0.2) is 15.9 Å². The van der Waals surface area contributed by atoms with E-state index in [0.717, 1.165) is 22.4 Å². The summed E-state index contributed by atoms with van der Waals surface area (Å²) in [4.78, 5) is 20.6. The number of primary amides is 1. The highest BCUT2D eigenvalue weighted by Crippen LogP contribution is 2.32. The van der Waals surface area contributed by atoms with Crippen LogP contribution in [0.2, 0.25) is 0 Å². The molecule has 29 heavy (non-hydrogen) atoms. The van der Waals surface area contributed by atoms with Gasteiger partial charge in [0.15, 0.2) is 5.82 Å². The third-order valence-corrected chi connectivity index (χ3v) is 5.03. The smallest absolute Gasteiger partial charge is 0.268 e. The van der Waals surface area contributed by atoms with E-state index in [1.165, 1.54) is 0 Å². The van der Waals surface area contributed by atoms with Gasteiger partial charge in [-0.15, -0.1) is 0 Å². The predicted octanol–water partition coefficient (Wildman–Crippen LogP) is 4.62. The molecule has 0 fully saturated rings. The number of amides is 1. The molecule has 0 radical (unpaired) electrons. The molecule has 3 aromatic rings. The van der Waals surface area contributed by atoms with Gasteiger partial charge in [-0.1, -0.05) is 17.7 Å². The Labute approximate surface area is 177 Å². The van der Waals surface area contributed by atoms with E-state index in [9.17, 15) is 4.79 Å². The van der Waals surface area contributed by atoms with Crippen LogP contribution < -0.4 is 16.4 Å². The van der Waals surface area contributed by atoms with Gasteiger partial charge in [-0.25, -0.2) is 4.98 Å². The highest BCUT2D eigenvalue weighted by atomic mass is 79.9. The number of nitrogens with two attached hydrogens (primary N) is 1. The van der Waals surface area contributed by atoms with Gasteiger partial charge < -0.3 is 16.4 Å². The molecule has 4 N–H and O–H groups in total. The standard InChI is InChI=1S/C21H19BrN6O/c1-11-8-12(2)17(13(3)9-11)26-20-16(22)18(19(24)29)27-21(28-20)25-15-6-4-14(10-23)5-7-15/h4-9H,1-3H3,(H2,24,29)(H2,25,26,27,28). The molecule has 0 aliphatic rings. The van der Waals surface area contributed by atoms with Gasteiger partial charge in [-0.3, -0.25) is 4.79 Å². The molecular weight excluding hydrogens is 432 g/mol. The number of halogens is 1. The van der Waals surface area contributed by atoms with E-state index in [1.54, 1.807) is 24.3 Å². The van der Waals surface area contributed by atoms with E-state index in [0.29, 0.717) is 21.5 Å². The van der Waals surface area contributed by atoms with E-state index >= 15 is 0 Å². The van der Waals surface area contributed by atoms with Gasteiger partial charge >= 0.3 is 0 Å². The second-order valence-electron chi connectivity index (χ2n) is 6.64. The quantitative estimate of drug-likeness (QED) is 0.521. The minimum atomic E-state index is -0.678. The van der Waals surface area contributed by atoms with Crippen LogP contribution in [0.25, 0.3) is 0 Å². The fourth-order valence-corrected chi connectivity index (χ4v) is 3.47. The van der Waals surface area contributed by atoms with E-state index in [2.05, 4.69) is 54.7 Å². The minimum absolute atomic E-state index is 0.0565. The molecule has 7 nitrogen and oxygen atoms in total. The molecular formula is C21H19BrN6O. The molecule has 0 saturated carbocycles. The number of nitrogens with one attached hydrogen (secondary N) is 2. The Kier molecular flexibility index (Phi) is 5.80. The monoisotopic (exact) mass is 450 g/mol. The topological polar surface area (TPSA) is 117 Å². The molecule has 0 bridgehead atoms. The molecule has 146 valence electrons. The zero-order valence-corrected chi connectivity index (χ0v) is 17.8. The summed E-state index contributed by atoms with van der Waals surface area (Å²) in [6.07, 6.45) is 0. The van der Waals surface area contributed by atoms with Gasteiger partial charge in [0, 0.05) is 11.4 Å². The average Bonchev–Trinajstić information content (AvgIpc) is 2.67. The lowest BCUT2D eigenvalue weighted by Crippen LogP contribution is -2.17. The van der Waals surface area contributed by atoms with E-state index in [4.69, 9.17) is 11.0 Å². The van der Waals surface area contributed by atoms with E-state index in [-0.39, 0.29) is 11.6 Å². The number of nitrogens with zero attached hydrogens (tertiary/aromatic N) is 3. The van der Waals surface area contributed by atoms with Crippen LogP contribution in [0.5, 0.6) is 0 Å². The Hall–Kier alpha value is -3.44. The number of hydrogen-bond acceptors (Lipinski definition) is 6. The van der Waals surface area contributed by atoms with Gasteiger partial charge in [0.25, 0.3) is 5.91 Å². The Balaban J connectivity index is 2.02. The Bertz CT molecular complexity index is 1110. The first-order valence-electron chi connectivity index (χ1n) is 8.78. The van der Waals surface area contributed by atoms with Gasteiger partial charge in [-0.2, -0.15) is 10.2 Å². The molecule has 8 heteroatoms. The van der Waals surface area contributed by atoms with Crippen LogP contribution in [0, 0.1) is 32.1 Å². The third-order valence-electron chi connectivity index (χ3n) is 4.28. The predicted molar refractivity (Wildman–Crippen MR) is 117 cm³/mol. The van der Waals surface area contributed by atoms with Crippen LogP contribution in [0.1, 0.15) is 32.7 Å². The van der Waals surface area contributed by atoms with Crippen LogP contribution in [0.4, 0.5) is 23.1 Å². The minimum Gasteiger partial charge on any atom is -0.364 e. The van der Waals surface area contributed by atoms with Crippen molar-refractivity contribution in [2.75, 3.05) is 10.6 Å². The second-order valence-corrected chi connectivity index (χ2v) is 7.43. The first-order chi connectivity index (χ1) is 13.8. The van der Waals surface area contributed by atoms with Crippen LogP contribution in [0.15, 0.2) is 40.9 Å². The highest BCUT2D eigenvalue weighted by Gasteiger charge is 2.18. The number of carbonyl (C=O) groups excluding carboxylic acids is 1. The molecule has 2 aromatic carbocycles. The zero-order chi connectivity index (χ0) is 21.1. The van der Waals surface area contributed by atoms with Gasteiger partial charge in [0.1, 0.15) is 5.69 Å². The van der Waals surface area contributed by atoms with Crippen molar-refractivity contribution >= 4 is 45.0 Å². The van der Waals surface area contributed by atoms with Crippen molar-refractivity contribution in [3.8, 4) is 6.07 Å². The van der Waals surface area contributed by atoms with Crippen molar-refractivity contribution in [1.82, 2.24) is 9.97 Å². The van der Waals surface area contributed by atoms with Gasteiger partial charge in [0.2, 0.25) is 5.95 Å². The third kappa shape index (κ3) is 4.52. The summed E-state index contributed by atoms with van der Waals surface area (Å²) in [5.74, 6) is -0.0563. The summed E-state index contributed by atoms with van der Waals surface area (Å²) in [7, 11) is 0. The van der Waals surface area contributed by atoms with Crippen molar-refractivity contribution in [2.45, 2.75) is 20.8 Å². The largest absolute Gasteiger partial charge is 0.364 e. The summed E-state index contributed by atoms with van der Waals surface area (Å²) in [6.45, 7) is 6.04. The average molecular weight is 451 g/mol. The Morgan fingerprint density at radius 3 is 2.24 bits per heavy atom. The zero-order valence-electron chi connectivity index (χ0n) is 16.2. The summed E-state index contributed by atoms with van der Waals surface area (Å²) in [6, 6.07) is 13.0. The van der Waals surface area contributed by atoms with E-state index in [1.807, 2.05) is 20.8 Å². The molecule has 0 saturated heterocycles. The number of aryl methyl sites for hydroxylation is 3. The SMILES string of the molecule is Cc1cc(C)c(Nc2nc(Nc3ccc(C#N)cc3)nc(C(N)=O)c2Br)c(C)c1. The summed E-state index contributed by atoms with van der Waals surface area (Å²) in [5.41, 5.74) is 10.9. The summed E-state index contributed by atoms with van der Waals surface area (Å²) < 4.78 is 0.384. The van der Waals surface area contributed by atoms with Crippen molar-refractivity contribution in [2.24, 2.45) is 5.73 Å². The molecule has 3 rings (SSSR count). The summed E-state index contributed by atoms with van der Waals surface area (Å²) in [5, 5.41) is 15.3. The number of rotatable bonds is 5. The fraction of sp³-hybridized carbons (Fsp3) is 0.143.